The molecule has 1 aromatic carbocycles. The minimum absolute atomic E-state index is 0.0429. The summed E-state index contributed by atoms with van der Waals surface area (Å²) in [5.74, 6) is -0.529. The van der Waals surface area contributed by atoms with E-state index in [0.29, 0.717) is 12.5 Å². The van der Waals surface area contributed by atoms with Gasteiger partial charge in [0.25, 0.3) is 0 Å². The fourth-order valence-electron chi connectivity index (χ4n) is 1.97. The Morgan fingerprint density at radius 1 is 1.20 bits per heavy atom. The maximum absolute atomic E-state index is 13.6. The first-order valence-electron chi connectivity index (χ1n) is 6.72. The Kier molecular flexibility index (Phi) is 4.84. The zero-order valence-corrected chi connectivity index (χ0v) is 11.7. The average Bonchev–Trinajstić information content (AvgIpc) is 2.81. The van der Waals surface area contributed by atoms with Gasteiger partial charge in [-0.15, -0.1) is 0 Å². The lowest BCUT2D eigenvalue weighted by molar-refractivity contribution is 0.507. The highest BCUT2D eigenvalue weighted by Crippen LogP contribution is 2.14. The van der Waals surface area contributed by atoms with Crippen LogP contribution >= 0.6 is 0 Å². The molecule has 1 heterocycles. The molecule has 0 bridgehead atoms. The highest BCUT2D eigenvalue weighted by atomic mass is 19.1. The quantitative estimate of drug-likeness (QED) is 0.881. The second-order valence-electron chi connectivity index (χ2n) is 5.21. The molecule has 2 rings (SSSR count). The zero-order valence-electron chi connectivity index (χ0n) is 11.7. The summed E-state index contributed by atoms with van der Waals surface area (Å²) >= 11 is 0. The fourth-order valence-corrected chi connectivity index (χ4v) is 1.97. The van der Waals surface area contributed by atoms with Crippen LogP contribution in [-0.4, -0.2) is 16.3 Å². The Morgan fingerprint density at radius 2 is 1.90 bits per heavy atom. The lowest BCUT2D eigenvalue weighted by atomic mass is 10.2. The summed E-state index contributed by atoms with van der Waals surface area (Å²) in [5.41, 5.74) is 0.953. The third-order valence-electron chi connectivity index (χ3n) is 3.03. The van der Waals surface area contributed by atoms with Gasteiger partial charge in [0.1, 0.15) is 11.6 Å². The van der Waals surface area contributed by atoms with Gasteiger partial charge in [0, 0.05) is 18.3 Å². The minimum Gasteiger partial charge on any atom is -0.311 e. The largest absolute Gasteiger partial charge is 0.311 e. The van der Waals surface area contributed by atoms with Crippen LogP contribution in [0.15, 0.2) is 30.5 Å². The van der Waals surface area contributed by atoms with Gasteiger partial charge in [0.05, 0.1) is 12.2 Å². The monoisotopic (exact) mass is 279 g/mol. The molecule has 2 aromatic rings. The van der Waals surface area contributed by atoms with Crippen molar-refractivity contribution in [1.82, 2.24) is 15.1 Å². The van der Waals surface area contributed by atoms with E-state index in [1.54, 1.807) is 10.9 Å². The van der Waals surface area contributed by atoms with E-state index in [1.807, 2.05) is 6.07 Å². The molecule has 0 spiro atoms. The van der Waals surface area contributed by atoms with Gasteiger partial charge in [-0.05, 0) is 30.7 Å². The molecule has 0 aliphatic carbocycles. The van der Waals surface area contributed by atoms with E-state index in [1.165, 1.54) is 18.2 Å². The second-order valence-corrected chi connectivity index (χ2v) is 5.21. The van der Waals surface area contributed by atoms with E-state index < -0.39 is 11.6 Å². The molecule has 0 unspecified atom stereocenters. The Hall–Kier alpha value is -1.75. The van der Waals surface area contributed by atoms with Gasteiger partial charge < -0.3 is 5.32 Å². The van der Waals surface area contributed by atoms with Crippen molar-refractivity contribution in [3.63, 3.8) is 0 Å². The predicted molar refractivity (Wildman–Crippen MR) is 74.2 cm³/mol. The van der Waals surface area contributed by atoms with Crippen molar-refractivity contribution in [3.05, 3.63) is 53.4 Å². The lowest BCUT2D eigenvalue weighted by Gasteiger charge is -2.11. The number of nitrogens with zero attached hydrogens (tertiary/aromatic N) is 2. The van der Waals surface area contributed by atoms with E-state index in [-0.39, 0.29) is 12.1 Å². The van der Waals surface area contributed by atoms with Gasteiger partial charge >= 0.3 is 0 Å². The summed E-state index contributed by atoms with van der Waals surface area (Å²) < 4.78 is 28.9. The first-order valence-corrected chi connectivity index (χ1v) is 6.72. The van der Waals surface area contributed by atoms with Crippen molar-refractivity contribution in [3.8, 4) is 0 Å². The Morgan fingerprint density at radius 3 is 2.55 bits per heavy atom. The average molecular weight is 279 g/mol. The predicted octanol–water partition coefficient (Wildman–Crippen LogP) is 2.96. The van der Waals surface area contributed by atoms with Crippen molar-refractivity contribution >= 4 is 0 Å². The van der Waals surface area contributed by atoms with Crippen LogP contribution in [0.3, 0.4) is 0 Å². The standard InChI is InChI=1S/C15H19F2N3/c1-11(2)8-18-9-12-6-7-19-20(12)10-13-14(16)4-3-5-15(13)17/h3-7,11,18H,8-10H2,1-2H3. The maximum atomic E-state index is 13.6. The number of aromatic nitrogens is 2. The molecule has 5 heteroatoms. The van der Waals surface area contributed by atoms with Crippen LogP contribution in [0.2, 0.25) is 0 Å². The van der Waals surface area contributed by atoms with Crippen LogP contribution in [0, 0.1) is 17.6 Å². The molecule has 0 saturated heterocycles. The Balaban J connectivity index is 2.09. The Labute approximate surface area is 117 Å². The van der Waals surface area contributed by atoms with E-state index in [0.717, 1.165) is 12.2 Å². The van der Waals surface area contributed by atoms with Gasteiger partial charge in [-0.3, -0.25) is 4.68 Å². The van der Waals surface area contributed by atoms with Crippen LogP contribution in [0.5, 0.6) is 0 Å². The first kappa shape index (κ1) is 14.7. The molecule has 0 saturated carbocycles. The molecule has 0 aliphatic rings. The summed E-state index contributed by atoms with van der Waals surface area (Å²) in [6.45, 7) is 5.87. The normalized spacial score (nSPS) is 11.2. The molecule has 0 amide bonds. The van der Waals surface area contributed by atoms with Crippen molar-refractivity contribution in [2.45, 2.75) is 26.9 Å². The fraction of sp³-hybridized carbons (Fsp3) is 0.400. The highest BCUT2D eigenvalue weighted by molar-refractivity contribution is 5.20. The number of benzene rings is 1. The van der Waals surface area contributed by atoms with Crippen molar-refractivity contribution in [2.75, 3.05) is 6.54 Å². The van der Waals surface area contributed by atoms with E-state index in [2.05, 4.69) is 24.3 Å². The molecule has 0 radical (unpaired) electrons. The van der Waals surface area contributed by atoms with Gasteiger partial charge in [-0.2, -0.15) is 5.10 Å². The number of nitrogens with one attached hydrogen (secondary N) is 1. The summed E-state index contributed by atoms with van der Waals surface area (Å²) in [7, 11) is 0. The molecule has 0 fully saturated rings. The Bertz CT molecular complexity index is 544. The molecular weight excluding hydrogens is 260 g/mol. The van der Waals surface area contributed by atoms with E-state index in [4.69, 9.17) is 0 Å². The van der Waals surface area contributed by atoms with Crippen molar-refractivity contribution in [1.29, 1.82) is 0 Å². The molecule has 0 atom stereocenters. The minimum atomic E-state index is -0.540. The molecule has 1 aromatic heterocycles. The van der Waals surface area contributed by atoms with Gasteiger partial charge in [-0.25, -0.2) is 8.78 Å². The van der Waals surface area contributed by atoms with Crippen LogP contribution in [0.4, 0.5) is 8.78 Å². The zero-order chi connectivity index (χ0) is 14.5. The summed E-state index contributed by atoms with van der Waals surface area (Å²) in [6, 6.07) is 5.74. The van der Waals surface area contributed by atoms with Crippen molar-refractivity contribution in [2.24, 2.45) is 5.92 Å². The summed E-state index contributed by atoms with van der Waals surface area (Å²) in [6.07, 6.45) is 1.64. The van der Waals surface area contributed by atoms with Crippen molar-refractivity contribution < 1.29 is 8.78 Å². The topological polar surface area (TPSA) is 29.9 Å². The SMILES string of the molecule is CC(C)CNCc1ccnn1Cc1c(F)cccc1F. The van der Waals surface area contributed by atoms with Gasteiger partial charge in [0.2, 0.25) is 0 Å². The van der Waals surface area contributed by atoms with Crippen LogP contribution in [0.25, 0.3) is 0 Å². The maximum Gasteiger partial charge on any atom is 0.131 e. The highest BCUT2D eigenvalue weighted by Gasteiger charge is 2.11. The van der Waals surface area contributed by atoms with Gasteiger partial charge in [-0.1, -0.05) is 19.9 Å². The first-order chi connectivity index (χ1) is 9.58. The molecule has 20 heavy (non-hydrogen) atoms. The van der Waals surface area contributed by atoms with Crippen LogP contribution in [-0.2, 0) is 13.1 Å². The number of halogens is 2. The molecule has 3 nitrogen and oxygen atoms in total. The molecule has 0 aliphatic heterocycles. The third-order valence-corrected chi connectivity index (χ3v) is 3.03. The summed E-state index contributed by atoms with van der Waals surface area (Å²) in [5, 5.41) is 7.43. The molecule has 1 N–H and O–H groups in total. The number of hydrogen-bond acceptors (Lipinski definition) is 2. The lowest BCUT2D eigenvalue weighted by Crippen LogP contribution is -2.21. The molecule has 108 valence electrons. The smallest absolute Gasteiger partial charge is 0.131 e. The van der Waals surface area contributed by atoms with E-state index in [9.17, 15) is 8.78 Å². The van der Waals surface area contributed by atoms with E-state index >= 15 is 0 Å². The number of hydrogen-bond donors (Lipinski definition) is 1. The molecular formula is C15H19F2N3. The van der Waals surface area contributed by atoms with Crippen LogP contribution < -0.4 is 5.32 Å². The van der Waals surface area contributed by atoms with Gasteiger partial charge in [0.15, 0.2) is 0 Å². The number of rotatable bonds is 6. The third kappa shape index (κ3) is 3.63. The summed E-state index contributed by atoms with van der Waals surface area (Å²) in [4.78, 5) is 0. The van der Waals surface area contributed by atoms with Crippen LogP contribution in [0.1, 0.15) is 25.1 Å². The second kappa shape index (κ2) is 6.61.